The van der Waals surface area contributed by atoms with E-state index in [4.69, 9.17) is 9.97 Å². The molecule has 2 unspecified atom stereocenters. The summed E-state index contributed by atoms with van der Waals surface area (Å²) in [5.41, 5.74) is 6.73. The van der Waals surface area contributed by atoms with Crippen molar-refractivity contribution >= 4 is 10.9 Å². The van der Waals surface area contributed by atoms with Gasteiger partial charge in [-0.15, -0.1) is 0 Å². The summed E-state index contributed by atoms with van der Waals surface area (Å²) in [5, 5.41) is 1.23. The molecule has 2 heterocycles. The van der Waals surface area contributed by atoms with Crippen LogP contribution in [0.5, 0.6) is 0 Å². The lowest BCUT2D eigenvalue weighted by atomic mass is 10.0. The van der Waals surface area contributed by atoms with Crippen molar-refractivity contribution in [1.29, 1.82) is 0 Å². The Labute approximate surface area is 136 Å². The first-order valence-electron chi connectivity index (χ1n) is 8.43. The number of hydrogen-bond donors (Lipinski definition) is 0. The van der Waals surface area contributed by atoms with E-state index in [0.717, 1.165) is 23.7 Å². The molecule has 0 radical (unpaired) electrons. The molecule has 0 N–H and O–H groups in total. The molecular formula is C20H21N3. The highest BCUT2D eigenvalue weighted by Crippen LogP contribution is 2.70. The van der Waals surface area contributed by atoms with E-state index in [-0.39, 0.29) is 0 Å². The monoisotopic (exact) mass is 303 g/mol. The molecule has 116 valence electrons. The van der Waals surface area contributed by atoms with Crippen LogP contribution in [-0.2, 0) is 6.42 Å². The van der Waals surface area contributed by atoms with E-state index in [1.165, 1.54) is 28.0 Å². The number of fused-ring (bicyclic) bond motifs is 4. The van der Waals surface area contributed by atoms with E-state index in [0.29, 0.717) is 11.3 Å². The zero-order valence-electron chi connectivity index (χ0n) is 14.1. The first-order valence-corrected chi connectivity index (χ1v) is 8.43. The fourth-order valence-corrected chi connectivity index (χ4v) is 4.75. The van der Waals surface area contributed by atoms with Crippen LogP contribution in [0.15, 0.2) is 30.5 Å². The van der Waals surface area contributed by atoms with Gasteiger partial charge in [0, 0.05) is 17.0 Å². The number of aryl methyl sites for hydroxylation is 2. The minimum Gasteiger partial charge on any atom is -0.299 e. The van der Waals surface area contributed by atoms with Gasteiger partial charge in [0.05, 0.1) is 23.1 Å². The quantitative estimate of drug-likeness (QED) is 0.670. The van der Waals surface area contributed by atoms with Gasteiger partial charge in [-0.3, -0.25) is 9.55 Å². The molecule has 23 heavy (non-hydrogen) atoms. The van der Waals surface area contributed by atoms with Crippen LogP contribution in [0.25, 0.3) is 16.6 Å². The van der Waals surface area contributed by atoms with Gasteiger partial charge in [0.2, 0.25) is 0 Å². The topological polar surface area (TPSA) is 30.7 Å². The Hall–Kier alpha value is -2.16. The van der Waals surface area contributed by atoms with Gasteiger partial charge in [-0.2, -0.15) is 0 Å². The van der Waals surface area contributed by atoms with Crippen LogP contribution in [0, 0.1) is 25.2 Å². The Morgan fingerprint density at radius 1 is 1.17 bits per heavy atom. The van der Waals surface area contributed by atoms with E-state index in [9.17, 15) is 0 Å². The fourth-order valence-electron chi connectivity index (χ4n) is 4.75. The summed E-state index contributed by atoms with van der Waals surface area (Å²) in [4.78, 5) is 9.56. The van der Waals surface area contributed by atoms with Crippen molar-refractivity contribution in [2.45, 2.75) is 40.0 Å². The highest BCUT2D eigenvalue weighted by molar-refractivity contribution is 5.84. The Morgan fingerprint density at radius 3 is 2.78 bits per heavy atom. The molecular weight excluding hydrogens is 282 g/mol. The lowest BCUT2D eigenvalue weighted by Crippen LogP contribution is -2.07. The van der Waals surface area contributed by atoms with Crippen LogP contribution in [-0.4, -0.2) is 14.5 Å². The maximum Gasteiger partial charge on any atom is 0.110 e. The summed E-state index contributed by atoms with van der Waals surface area (Å²) in [6, 6.07) is 8.38. The average molecular weight is 303 g/mol. The Morgan fingerprint density at radius 2 is 1.96 bits per heavy atom. The first kappa shape index (κ1) is 13.3. The zero-order valence-corrected chi connectivity index (χ0v) is 14.1. The second kappa shape index (κ2) is 4.02. The molecule has 0 saturated heterocycles. The normalized spacial score (nSPS) is 23.8. The second-order valence-corrected chi connectivity index (χ2v) is 7.72. The number of rotatable bonds is 1. The highest BCUT2D eigenvalue weighted by Gasteiger charge is 2.64. The van der Waals surface area contributed by atoms with Crippen molar-refractivity contribution in [2.75, 3.05) is 0 Å². The number of aromatic nitrogens is 3. The largest absolute Gasteiger partial charge is 0.299 e. The molecule has 2 aliphatic carbocycles. The van der Waals surface area contributed by atoms with Gasteiger partial charge in [-0.25, -0.2) is 4.98 Å². The average Bonchev–Trinajstić information content (AvgIpc) is 2.84. The van der Waals surface area contributed by atoms with E-state index in [2.05, 4.69) is 50.5 Å². The summed E-state index contributed by atoms with van der Waals surface area (Å²) in [5.74, 6) is 2.53. The molecule has 5 rings (SSSR count). The summed E-state index contributed by atoms with van der Waals surface area (Å²) >= 11 is 0. The maximum atomic E-state index is 4.87. The molecule has 0 aliphatic heterocycles. The third kappa shape index (κ3) is 1.55. The predicted octanol–water partition coefficient (Wildman–Crippen LogP) is 4.33. The van der Waals surface area contributed by atoms with Gasteiger partial charge in [0.25, 0.3) is 0 Å². The molecule has 1 aromatic carbocycles. The number of pyridine rings is 1. The number of para-hydroxylation sites is 1. The zero-order chi connectivity index (χ0) is 15.9. The number of imidazole rings is 1. The van der Waals surface area contributed by atoms with Gasteiger partial charge in [-0.05, 0) is 43.2 Å². The van der Waals surface area contributed by atoms with Crippen LogP contribution in [0.1, 0.15) is 42.5 Å². The Bertz CT molecular complexity index is 964. The lowest BCUT2D eigenvalue weighted by molar-refractivity contribution is 0.534. The third-order valence-corrected chi connectivity index (χ3v) is 6.17. The summed E-state index contributed by atoms with van der Waals surface area (Å²) in [6.45, 7) is 9.11. The molecule has 0 bridgehead atoms. The maximum absolute atomic E-state index is 4.87. The minimum atomic E-state index is 0.426. The van der Waals surface area contributed by atoms with Crippen molar-refractivity contribution in [3.05, 3.63) is 53.2 Å². The van der Waals surface area contributed by atoms with Gasteiger partial charge in [-0.1, -0.05) is 32.0 Å². The van der Waals surface area contributed by atoms with Gasteiger partial charge >= 0.3 is 0 Å². The van der Waals surface area contributed by atoms with Gasteiger partial charge in [0.15, 0.2) is 0 Å². The van der Waals surface area contributed by atoms with Crippen LogP contribution in [0.4, 0.5) is 0 Å². The Balaban J connectivity index is 1.77. The first-order chi connectivity index (χ1) is 11.0. The van der Waals surface area contributed by atoms with Gasteiger partial charge < -0.3 is 0 Å². The van der Waals surface area contributed by atoms with Crippen molar-refractivity contribution in [1.82, 2.24) is 14.5 Å². The molecule has 3 aromatic rings. The number of benzene rings is 1. The molecule has 0 spiro atoms. The number of hydrogen-bond acceptors (Lipinski definition) is 2. The van der Waals surface area contributed by atoms with Crippen LogP contribution in [0.2, 0.25) is 0 Å². The summed E-state index contributed by atoms with van der Waals surface area (Å²) < 4.78 is 2.38. The van der Waals surface area contributed by atoms with Crippen molar-refractivity contribution < 1.29 is 0 Å². The smallest absolute Gasteiger partial charge is 0.110 e. The van der Waals surface area contributed by atoms with Crippen LogP contribution in [0.3, 0.4) is 0 Å². The van der Waals surface area contributed by atoms with E-state index < -0.39 is 0 Å². The fraction of sp³-hybridized carbons (Fsp3) is 0.400. The predicted molar refractivity (Wildman–Crippen MR) is 92.1 cm³/mol. The molecule has 1 fully saturated rings. The molecule has 0 amide bonds. The Kier molecular flexibility index (Phi) is 2.33. The van der Waals surface area contributed by atoms with Crippen molar-refractivity contribution in [3.63, 3.8) is 0 Å². The molecule has 3 heteroatoms. The van der Waals surface area contributed by atoms with E-state index in [1.54, 1.807) is 0 Å². The van der Waals surface area contributed by atoms with Gasteiger partial charge in [0.1, 0.15) is 5.82 Å². The molecule has 1 saturated carbocycles. The molecule has 3 nitrogen and oxygen atoms in total. The molecule has 2 atom stereocenters. The number of nitrogens with zero attached hydrogens (tertiary/aromatic N) is 3. The molecule has 2 aromatic heterocycles. The minimum absolute atomic E-state index is 0.426. The van der Waals surface area contributed by atoms with Crippen molar-refractivity contribution in [2.24, 2.45) is 11.3 Å². The van der Waals surface area contributed by atoms with E-state index in [1.807, 2.05) is 12.3 Å². The summed E-state index contributed by atoms with van der Waals surface area (Å²) in [7, 11) is 0. The van der Waals surface area contributed by atoms with Crippen LogP contribution >= 0.6 is 0 Å². The summed E-state index contributed by atoms with van der Waals surface area (Å²) in [6.07, 6.45) is 3.16. The third-order valence-electron chi connectivity index (χ3n) is 6.17. The second-order valence-electron chi connectivity index (χ2n) is 7.72. The lowest BCUT2D eigenvalue weighted by Gasteiger charge is -2.16. The van der Waals surface area contributed by atoms with Crippen LogP contribution < -0.4 is 0 Å². The SMILES string of the molecule is Cc1c(-n2c(C)nc3c2C2C(C3)C2(C)C)cnc2ccccc12. The molecule has 2 aliphatic rings. The van der Waals surface area contributed by atoms with E-state index >= 15 is 0 Å². The van der Waals surface area contributed by atoms with Crippen molar-refractivity contribution in [3.8, 4) is 5.69 Å². The standard InChI is InChI=1S/C20H21N3/c1-11-13-7-5-6-8-15(13)21-10-17(11)23-12(2)22-16-9-14-18(19(16)23)20(14,3)4/h5-8,10,14,18H,9H2,1-4H3. The highest BCUT2D eigenvalue weighted by atomic mass is 15.1.